The molecular formula is C15H21N5O2S. The van der Waals surface area contributed by atoms with E-state index >= 15 is 0 Å². The molecule has 2 aromatic heterocycles. The second-order valence-electron chi connectivity index (χ2n) is 5.68. The first kappa shape index (κ1) is 16.1. The second kappa shape index (κ2) is 7.20. The number of morpholine rings is 1. The number of aromatic nitrogens is 3. The third kappa shape index (κ3) is 3.77. The van der Waals surface area contributed by atoms with Crippen molar-refractivity contribution < 1.29 is 9.53 Å². The van der Waals surface area contributed by atoms with Crippen LogP contribution in [-0.4, -0.2) is 65.0 Å². The smallest absolute Gasteiger partial charge is 0.253 e. The van der Waals surface area contributed by atoms with E-state index in [4.69, 9.17) is 4.74 Å². The molecule has 1 amide bonds. The quantitative estimate of drug-likeness (QED) is 0.823. The van der Waals surface area contributed by atoms with E-state index in [-0.39, 0.29) is 18.1 Å². The fraction of sp³-hybridized carbons (Fsp3) is 0.533. The van der Waals surface area contributed by atoms with Gasteiger partial charge < -0.3 is 9.64 Å². The molecular weight excluding hydrogens is 314 g/mol. The van der Waals surface area contributed by atoms with E-state index < -0.39 is 0 Å². The van der Waals surface area contributed by atoms with Gasteiger partial charge in [-0.3, -0.25) is 14.4 Å². The van der Waals surface area contributed by atoms with Gasteiger partial charge in [0.05, 0.1) is 19.3 Å². The number of carbonyl (C=O) groups excluding carboxylic acids is 1. The molecule has 3 heterocycles. The van der Waals surface area contributed by atoms with Crippen molar-refractivity contribution >= 4 is 22.4 Å². The number of carbonyl (C=O) groups is 1. The van der Waals surface area contributed by atoms with Gasteiger partial charge in [0.25, 0.3) is 5.91 Å². The van der Waals surface area contributed by atoms with E-state index in [2.05, 4.69) is 22.0 Å². The molecule has 8 heteroatoms. The molecule has 0 spiro atoms. The van der Waals surface area contributed by atoms with Gasteiger partial charge in [0.2, 0.25) is 0 Å². The number of amides is 1. The van der Waals surface area contributed by atoms with Crippen LogP contribution in [0.5, 0.6) is 0 Å². The first-order valence-electron chi connectivity index (χ1n) is 7.65. The second-order valence-corrected chi connectivity index (χ2v) is 6.55. The van der Waals surface area contributed by atoms with Gasteiger partial charge in [0, 0.05) is 37.1 Å². The molecule has 1 aliphatic rings. The summed E-state index contributed by atoms with van der Waals surface area (Å²) in [5.41, 5.74) is 0. The highest BCUT2D eigenvalue weighted by molar-refractivity contribution is 7.13. The average molecular weight is 335 g/mol. The van der Waals surface area contributed by atoms with Crippen LogP contribution >= 0.6 is 11.3 Å². The molecule has 1 aliphatic heterocycles. The van der Waals surface area contributed by atoms with Gasteiger partial charge in [-0.1, -0.05) is 0 Å². The maximum Gasteiger partial charge on any atom is 0.253 e. The van der Waals surface area contributed by atoms with E-state index in [0.717, 1.165) is 13.1 Å². The zero-order valence-electron chi connectivity index (χ0n) is 13.3. The summed E-state index contributed by atoms with van der Waals surface area (Å²) in [6.07, 6.45) is 5.18. The van der Waals surface area contributed by atoms with Crippen LogP contribution in [0.4, 0.5) is 5.13 Å². The average Bonchev–Trinajstić information content (AvgIpc) is 3.24. The predicted molar refractivity (Wildman–Crippen MR) is 88.6 cm³/mol. The van der Waals surface area contributed by atoms with Crippen LogP contribution in [0.3, 0.4) is 0 Å². The maximum absolute atomic E-state index is 13.0. The van der Waals surface area contributed by atoms with Gasteiger partial charge in [-0.2, -0.15) is 5.10 Å². The first-order chi connectivity index (χ1) is 11.1. The maximum atomic E-state index is 13.0. The Labute approximate surface area is 139 Å². The molecule has 0 bridgehead atoms. The summed E-state index contributed by atoms with van der Waals surface area (Å²) in [4.78, 5) is 21.2. The highest BCUT2D eigenvalue weighted by Gasteiger charge is 2.29. The van der Waals surface area contributed by atoms with Gasteiger partial charge >= 0.3 is 0 Å². The molecule has 2 unspecified atom stereocenters. The minimum absolute atomic E-state index is 0.00794. The highest BCUT2D eigenvalue weighted by atomic mass is 32.1. The number of hydrogen-bond acceptors (Lipinski definition) is 6. The highest BCUT2D eigenvalue weighted by Crippen LogP contribution is 2.22. The zero-order chi connectivity index (χ0) is 16.2. The molecule has 1 fully saturated rings. The summed E-state index contributed by atoms with van der Waals surface area (Å²) in [6, 6.07) is 1.44. The van der Waals surface area contributed by atoms with Crippen molar-refractivity contribution in [2.45, 2.75) is 19.1 Å². The van der Waals surface area contributed by atoms with Crippen molar-refractivity contribution in [1.29, 1.82) is 0 Å². The summed E-state index contributed by atoms with van der Waals surface area (Å²) in [5, 5.41) is 6.75. The number of likely N-dealkylation sites (N-methyl/N-ethyl adjacent to an activating group) is 1. The lowest BCUT2D eigenvalue weighted by Crippen LogP contribution is -2.48. The van der Waals surface area contributed by atoms with Gasteiger partial charge in [-0.15, -0.1) is 11.3 Å². The summed E-state index contributed by atoms with van der Waals surface area (Å²) < 4.78 is 7.48. The van der Waals surface area contributed by atoms with Gasteiger partial charge in [0.15, 0.2) is 5.13 Å². The number of nitrogens with zero attached hydrogens (tertiary/aromatic N) is 5. The van der Waals surface area contributed by atoms with Gasteiger partial charge in [-0.05, 0) is 20.0 Å². The van der Waals surface area contributed by atoms with Crippen molar-refractivity contribution in [3.8, 4) is 0 Å². The Morgan fingerprint density at radius 2 is 2.43 bits per heavy atom. The Hall–Kier alpha value is -1.77. The lowest BCUT2D eigenvalue weighted by Gasteiger charge is -2.33. The summed E-state index contributed by atoms with van der Waals surface area (Å²) in [5.74, 6) is -0.0273. The lowest BCUT2D eigenvalue weighted by molar-refractivity contribution is -0.122. The van der Waals surface area contributed by atoms with Crippen LogP contribution in [0, 0.1) is 0 Å². The fourth-order valence-corrected chi connectivity index (χ4v) is 3.30. The van der Waals surface area contributed by atoms with Crippen LogP contribution in [0.15, 0.2) is 30.0 Å². The fourth-order valence-electron chi connectivity index (χ4n) is 2.64. The lowest BCUT2D eigenvalue weighted by atomic mass is 10.2. The molecule has 0 saturated carbocycles. The largest absolute Gasteiger partial charge is 0.374 e. The Balaban J connectivity index is 1.77. The Bertz CT molecular complexity index is 616. The van der Waals surface area contributed by atoms with Crippen molar-refractivity contribution in [1.82, 2.24) is 19.7 Å². The Kier molecular flexibility index (Phi) is 5.04. The number of thiazole rings is 1. The van der Waals surface area contributed by atoms with E-state index in [1.165, 1.54) is 11.3 Å². The molecule has 0 aliphatic carbocycles. The third-order valence-electron chi connectivity index (χ3n) is 3.92. The third-order valence-corrected chi connectivity index (χ3v) is 4.72. The SMILES string of the molecule is CC(C(=O)N(CC1CN(C)CCO1)c1nccs1)n1cccn1. The molecule has 0 N–H and O–H groups in total. The van der Waals surface area contributed by atoms with Crippen LogP contribution in [0.25, 0.3) is 0 Å². The van der Waals surface area contributed by atoms with Crippen molar-refractivity contribution in [3.63, 3.8) is 0 Å². The van der Waals surface area contributed by atoms with Gasteiger partial charge in [0.1, 0.15) is 6.04 Å². The van der Waals surface area contributed by atoms with Crippen molar-refractivity contribution in [2.24, 2.45) is 0 Å². The molecule has 0 aromatic carbocycles. The number of rotatable bonds is 5. The minimum atomic E-state index is -0.379. The van der Waals surface area contributed by atoms with Crippen molar-refractivity contribution in [3.05, 3.63) is 30.0 Å². The standard InChI is InChI=1S/C15H21N5O2S/c1-12(20-6-3-4-17-20)14(21)19(15-16-5-9-23-15)11-13-10-18(2)7-8-22-13/h3-6,9,12-13H,7-8,10-11H2,1-2H3. The normalized spacial score (nSPS) is 20.3. The number of hydrogen-bond donors (Lipinski definition) is 0. The van der Waals surface area contributed by atoms with Crippen LogP contribution in [0.1, 0.15) is 13.0 Å². The molecule has 1 saturated heterocycles. The molecule has 23 heavy (non-hydrogen) atoms. The topological polar surface area (TPSA) is 63.5 Å². The predicted octanol–water partition coefficient (Wildman–Crippen LogP) is 1.26. The zero-order valence-corrected chi connectivity index (χ0v) is 14.1. The number of ether oxygens (including phenoxy) is 1. The van der Waals surface area contributed by atoms with E-state index in [1.807, 2.05) is 18.4 Å². The monoisotopic (exact) mass is 335 g/mol. The molecule has 124 valence electrons. The van der Waals surface area contributed by atoms with Crippen LogP contribution in [0.2, 0.25) is 0 Å². The minimum Gasteiger partial charge on any atom is -0.374 e. The first-order valence-corrected chi connectivity index (χ1v) is 8.53. The van der Waals surface area contributed by atoms with Crippen molar-refractivity contribution in [2.75, 3.05) is 38.2 Å². The molecule has 2 atom stereocenters. The summed E-state index contributed by atoms with van der Waals surface area (Å²) in [7, 11) is 2.07. The van der Waals surface area contributed by atoms with E-state index in [0.29, 0.717) is 18.3 Å². The Morgan fingerprint density at radius 1 is 1.57 bits per heavy atom. The van der Waals surface area contributed by atoms with E-state index in [1.54, 1.807) is 28.2 Å². The molecule has 0 radical (unpaired) electrons. The molecule has 7 nitrogen and oxygen atoms in total. The van der Waals surface area contributed by atoms with Crippen LogP contribution in [-0.2, 0) is 9.53 Å². The Morgan fingerprint density at radius 3 is 3.09 bits per heavy atom. The summed E-state index contributed by atoms with van der Waals surface area (Å²) >= 11 is 1.46. The van der Waals surface area contributed by atoms with Gasteiger partial charge in [-0.25, -0.2) is 4.98 Å². The summed E-state index contributed by atoms with van der Waals surface area (Å²) in [6.45, 7) is 4.78. The molecule has 2 aromatic rings. The number of anilines is 1. The molecule has 3 rings (SSSR count). The van der Waals surface area contributed by atoms with E-state index in [9.17, 15) is 4.79 Å². The van der Waals surface area contributed by atoms with Crippen LogP contribution < -0.4 is 4.90 Å².